The summed E-state index contributed by atoms with van der Waals surface area (Å²) in [6.07, 6.45) is 7.38. The number of anilines is 3. The van der Waals surface area contributed by atoms with Crippen molar-refractivity contribution in [2.24, 2.45) is 4.36 Å². The molecule has 0 spiro atoms. The van der Waals surface area contributed by atoms with Crippen LogP contribution in [0.2, 0.25) is 0 Å². The molecule has 2 saturated heterocycles. The minimum Gasteiger partial charge on any atom is -0.369 e. The number of pyridine rings is 1. The number of piperazine rings is 1. The average molecular weight is 545 g/mol. The molecule has 39 heavy (non-hydrogen) atoms. The predicted molar refractivity (Wildman–Crippen MR) is 154 cm³/mol. The molecule has 3 fully saturated rings. The Kier molecular flexibility index (Phi) is 6.02. The van der Waals surface area contributed by atoms with Crippen LogP contribution < -0.4 is 10.2 Å². The number of hydrogen-bond donors (Lipinski definition) is 1. The molecule has 202 valence electrons. The van der Waals surface area contributed by atoms with E-state index in [-0.39, 0.29) is 0 Å². The third-order valence-corrected chi connectivity index (χ3v) is 8.11. The number of hydrogen-bond acceptors (Lipinski definition) is 9. The van der Waals surface area contributed by atoms with Gasteiger partial charge in [-0.3, -0.25) is 9.47 Å². The average Bonchev–Trinajstić information content (AvgIpc) is 3.53. The summed E-state index contributed by atoms with van der Waals surface area (Å²) in [6, 6.07) is 16.7. The second-order valence-electron chi connectivity index (χ2n) is 10.9. The largest absolute Gasteiger partial charge is 0.369 e. The normalized spacial score (nSPS) is 19.8. The maximum Gasteiger partial charge on any atom is 0.229 e. The molecule has 2 aliphatic heterocycles. The minimum atomic E-state index is -2.32. The molecule has 3 aromatic heterocycles. The van der Waals surface area contributed by atoms with E-state index in [0.717, 1.165) is 68.4 Å². The highest BCUT2D eigenvalue weighted by molar-refractivity contribution is 7.92. The van der Waals surface area contributed by atoms with Gasteiger partial charge < -0.3 is 15.0 Å². The first-order valence-electron chi connectivity index (χ1n) is 13.4. The van der Waals surface area contributed by atoms with Gasteiger partial charge in [0.2, 0.25) is 5.95 Å². The van der Waals surface area contributed by atoms with Crippen LogP contribution >= 0.6 is 0 Å². The van der Waals surface area contributed by atoms with Gasteiger partial charge in [-0.15, -0.1) is 0 Å². The number of nitrogens with one attached hydrogen (secondary N) is 1. The van der Waals surface area contributed by atoms with Crippen LogP contribution in [0.1, 0.15) is 24.5 Å². The Morgan fingerprint density at radius 2 is 1.92 bits per heavy atom. The fraction of sp³-hybridized carbons (Fsp3) is 0.393. The summed E-state index contributed by atoms with van der Waals surface area (Å²) in [5, 5.41) is 4.34. The van der Waals surface area contributed by atoms with Gasteiger partial charge in [0.05, 0.1) is 19.4 Å². The standard InChI is InChI=1S/C28H32N8O2S/c1-39(2,37)33-25-4-3-5-26(31-25)36-24(19-6-7-19)14-20-15-29-28(32-27(20)36)30-21-8-10-22(11-9-21)34-12-13-35-18-38-17-23(35)16-34/h3-5,8-11,14-15,19,23H,6-7,12-13,16-18H2,1-2H3,(H,29,30,32). The van der Waals surface area contributed by atoms with E-state index in [1.54, 1.807) is 18.6 Å². The van der Waals surface area contributed by atoms with Gasteiger partial charge in [0.15, 0.2) is 11.5 Å². The van der Waals surface area contributed by atoms with E-state index in [2.05, 4.69) is 59.4 Å². The molecule has 1 atom stereocenters. The molecule has 1 aliphatic carbocycles. The van der Waals surface area contributed by atoms with Crippen molar-refractivity contribution in [3.8, 4) is 5.82 Å². The molecule has 1 unspecified atom stereocenters. The van der Waals surface area contributed by atoms with E-state index in [9.17, 15) is 4.21 Å². The molecular weight excluding hydrogens is 512 g/mol. The molecule has 7 rings (SSSR count). The van der Waals surface area contributed by atoms with E-state index in [4.69, 9.17) is 14.7 Å². The highest BCUT2D eigenvalue weighted by Crippen LogP contribution is 2.43. The van der Waals surface area contributed by atoms with Gasteiger partial charge in [-0.2, -0.15) is 9.35 Å². The molecule has 1 saturated carbocycles. The first-order chi connectivity index (χ1) is 18.9. The van der Waals surface area contributed by atoms with Crippen molar-refractivity contribution < 1.29 is 8.95 Å². The van der Waals surface area contributed by atoms with Crippen molar-refractivity contribution in [3.05, 3.63) is 60.4 Å². The smallest absolute Gasteiger partial charge is 0.229 e. The van der Waals surface area contributed by atoms with Crippen LogP contribution in [0.4, 0.5) is 23.1 Å². The number of aromatic nitrogens is 4. The van der Waals surface area contributed by atoms with Crippen molar-refractivity contribution in [1.82, 2.24) is 24.4 Å². The molecule has 11 heteroatoms. The van der Waals surface area contributed by atoms with Crippen LogP contribution in [0.15, 0.2) is 59.1 Å². The van der Waals surface area contributed by atoms with Crippen molar-refractivity contribution in [1.29, 1.82) is 0 Å². The highest BCUT2D eigenvalue weighted by atomic mass is 32.2. The third kappa shape index (κ3) is 5.09. The molecule has 1 aromatic carbocycles. The fourth-order valence-electron chi connectivity index (χ4n) is 5.45. The SMILES string of the molecule is CS(C)(=O)=Nc1cccc(-n2c(C3CC3)cc3cnc(Nc4ccc(N5CCN6COCC6C5)cc4)nc32)n1. The van der Waals surface area contributed by atoms with E-state index in [0.29, 0.717) is 23.7 Å². The number of fused-ring (bicyclic) bond motifs is 2. The van der Waals surface area contributed by atoms with Crippen molar-refractivity contribution in [2.45, 2.75) is 24.8 Å². The summed E-state index contributed by atoms with van der Waals surface area (Å²) in [5.74, 6) is 2.18. The van der Waals surface area contributed by atoms with Crippen LogP contribution in [0.3, 0.4) is 0 Å². The summed E-state index contributed by atoms with van der Waals surface area (Å²) < 4.78 is 24.3. The number of ether oxygens (including phenoxy) is 1. The summed E-state index contributed by atoms with van der Waals surface area (Å²) in [5.41, 5.74) is 4.11. The Bertz CT molecular complexity index is 1650. The second-order valence-corrected chi connectivity index (χ2v) is 13.4. The van der Waals surface area contributed by atoms with Crippen LogP contribution in [-0.4, -0.2) is 80.2 Å². The summed E-state index contributed by atoms with van der Waals surface area (Å²) in [6.45, 7) is 4.59. The molecule has 0 amide bonds. The second kappa shape index (κ2) is 9.58. The van der Waals surface area contributed by atoms with E-state index < -0.39 is 9.73 Å². The number of rotatable bonds is 6. The Morgan fingerprint density at radius 3 is 2.72 bits per heavy atom. The highest BCUT2D eigenvalue weighted by Gasteiger charge is 2.32. The Balaban J connectivity index is 1.17. The van der Waals surface area contributed by atoms with Gasteiger partial charge >= 0.3 is 0 Å². The molecular formula is C28H32N8O2S. The molecule has 1 N–H and O–H groups in total. The molecule has 10 nitrogen and oxygen atoms in total. The van der Waals surface area contributed by atoms with Gasteiger partial charge in [-0.25, -0.2) is 14.2 Å². The molecule has 5 heterocycles. The zero-order chi connectivity index (χ0) is 26.6. The van der Waals surface area contributed by atoms with E-state index >= 15 is 0 Å². The van der Waals surface area contributed by atoms with Gasteiger partial charge in [-0.05, 0) is 61.2 Å². The zero-order valence-corrected chi connectivity index (χ0v) is 23.0. The van der Waals surface area contributed by atoms with Crippen LogP contribution in [-0.2, 0) is 14.5 Å². The Hall–Kier alpha value is -3.54. The Labute approximate surface area is 228 Å². The van der Waals surface area contributed by atoms with Crippen molar-refractivity contribution >= 4 is 43.9 Å². The van der Waals surface area contributed by atoms with E-state index in [1.807, 2.05) is 18.3 Å². The van der Waals surface area contributed by atoms with Crippen LogP contribution in [0.5, 0.6) is 0 Å². The van der Waals surface area contributed by atoms with Crippen molar-refractivity contribution in [3.63, 3.8) is 0 Å². The minimum absolute atomic E-state index is 0.459. The summed E-state index contributed by atoms with van der Waals surface area (Å²) >= 11 is 0. The van der Waals surface area contributed by atoms with Gasteiger partial charge in [0, 0.05) is 70.5 Å². The summed E-state index contributed by atoms with van der Waals surface area (Å²) in [4.78, 5) is 19.1. The molecule has 0 bridgehead atoms. The Morgan fingerprint density at radius 1 is 1.08 bits per heavy atom. The lowest BCUT2D eigenvalue weighted by Crippen LogP contribution is -2.51. The monoisotopic (exact) mass is 544 g/mol. The van der Waals surface area contributed by atoms with Crippen LogP contribution in [0.25, 0.3) is 16.9 Å². The summed E-state index contributed by atoms with van der Waals surface area (Å²) in [7, 11) is -2.32. The zero-order valence-electron chi connectivity index (χ0n) is 22.2. The quantitative estimate of drug-likeness (QED) is 0.384. The number of nitrogens with zero attached hydrogens (tertiary/aromatic N) is 7. The third-order valence-electron chi connectivity index (χ3n) is 7.49. The molecule has 3 aliphatic rings. The van der Waals surface area contributed by atoms with Gasteiger partial charge in [0.25, 0.3) is 0 Å². The lowest BCUT2D eigenvalue weighted by molar-refractivity contribution is 0.136. The predicted octanol–water partition coefficient (Wildman–Crippen LogP) is 4.27. The lowest BCUT2D eigenvalue weighted by Gasteiger charge is -2.37. The number of benzene rings is 1. The van der Waals surface area contributed by atoms with Crippen LogP contribution in [0, 0.1) is 0 Å². The first-order valence-corrected chi connectivity index (χ1v) is 15.7. The maximum atomic E-state index is 12.3. The first kappa shape index (κ1) is 24.5. The molecule has 4 aromatic rings. The lowest BCUT2D eigenvalue weighted by atomic mass is 10.1. The van der Waals surface area contributed by atoms with Crippen molar-refractivity contribution in [2.75, 3.05) is 55.7 Å². The van der Waals surface area contributed by atoms with Gasteiger partial charge in [-0.1, -0.05) is 6.07 Å². The van der Waals surface area contributed by atoms with Gasteiger partial charge in [0.1, 0.15) is 5.82 Å². The van der Waals surface area contributed by atoms with E-state index in [1.165, 1.54) is 11.4 Å². The topological polar surface area (TPSA) is 101 Å². The molecule has 0 radical (unpaired) electrons. The maximum absolute atomic E-state index is 12.3. The fourth-order valence-corrected chi connectivity index (χ4v) is 6.00.